The molecule has 1 saturated carbocycles. The van der Waals surface area contributed by atoms with Gasteiger partial charge < -0.3 is 24.2 Å². The number of benzene rings is 1. The molecule has 7 rings (SSSR count). The van der Waals surface area contributed by atoms with Crippen LogP contribution < -0.4 is 19.9 Å². The minimum Gasteiger partial charge on any atom is -0.496 e. The van der Waals surface area contributed by atoms with E-state index in [0.29, 0.717) is 35.4 Å². The normalized spacial score (nSPS) is 24.0. The number of methoxy groups -OCH3 is 1. The largest absolute Gasteiger partial charge is 0.496 e. The van der Waals surface area contributed by atoms with E-state index in [1.807, 2.05) is 19.1 Å². The number of carbonyl (C=O) groups is 3. The van der Waals surface area contributed by atoms with Crippen molar-refractivity contribution < 1.29 is 23.9 Å². The summed E-state index contributed by atoms with van der Waals surface area (Å²) >= 11 is 6.10. The minimum absolute atomic E-state index is 0.206. The van der Waals surface area contributed by atoms with Gasteiger partial charge in [0.05, 0.1) is 41.8 Å². The Bertz CT molecular complexity index is 1480. The number of hydrogen-bond donors (Lipinski definition) is 1. The van der Waals surface area contributed by atoms with Crippen LogP contribution in [0.5, 0.6) is 5.75 Å². The maximum Gasteiger partial charge on any atom is 0.259 e. The topological polar surface area (TPSA) is 117 Å². The monoisotopic (exact) mass is 622 g/mol. The van der Waals surface area contributed by atoms with Gasteiger partial charge in [-0.25, -0.2) is 9.97 Å². The first-order valence-corrected chi connectivity index (χ1v) is 16.1. The highest BCUT2D eigenvalue weighted by atomic mass is 35.5. The SMILES string of the molecule is COc1ccc(N2CC3(CCC(OC4CCN(c5ncc(Cl)c(C)n5)CC4)CC3)C2)c2c1C(=O)N(C1CCC(=O)NC1=O)C2. The number of nitrogens with one attached hydrogen (secondary N) is 1. The molecule has 1 aliphatic carbocycles. The molecule has 0 radical (unpaired) electrons. The first-order valence-electron chi connectivity index (χ1n) is 15.7. The van der Waals surface area contributed by atoms with Gasteiger partial charge in [-0.3, -0.25) is 19.7 Å². The predicted molar refractivity (Wildman–Crippen MR) is 164 cm³/mol. The molecule has 44 heavy (non-hydrogen) atoms. The Morgan fingerprint density at radius 1 is 1.00 bits per heavy atom. The lowest BCUT2D eigenvalue weighted by Gasteiger charge is -2.55. The van der Waals surface area contributed by atoms with Crippen LogP contribution in [0.2, 0.25) is 5.02 Å². The number of hydrogen-bond acceptors (Lipinski definition) is 9. The molecule has 4 fully saturated rings. The summed E-state index contributed by atoms with van der Waals surface area (Å²) in [6, 6.07) is 3.26. The van der Waals surface area contributed by atoms with Crippen molar-refractivity contribution in [3.63, 3.8) is 0 Å². The summed E-state index contributed by atoms with van der Waals surface area (Å²) in [4.78, 5) is 53.0. The van der Waals surface area contributed by atoms with E-state index in [-0.39, 0.29) is 29.8 Å². The second-order valence-electron chi connectivity index (χ2n) is 13.0. The predicted octanol–water partition coefficient (Wildman–Crippen LogP) is 3.64. The Hall–Kier alpha value is -3.44. The summed E-state index contributed by atoms with van der Waals surface area (Å²) in [7, 11) is 1.56. The molecule has 1 N–H and O–H groups in total. The molecule has 1 aromatic heterocycles. The molecule has 1 spiro atoms. The fourth-order valence-electron chi connectivity index (χ4n) is 7.74. The fraction of sp³-hybridized carbons (Fsp3) is 0.594. The minimum atomic E-state index is -0.648. The summed E-state index contributed by atoms with van der Waals surface area (Å²) in [5, 5.41) is 2.98. The van der Waals surface area contributed by atoms with E-state index in [9.17, 15) is 14.4 Å². The van der Waals surface area contributed by atoms with Crippen molar-refractivity contribution in [3.05, 3.63) is 40.2 Å². The highest BCUT2D eigenvalue weighted by Gasteiger charge is 2.48. The standard InChI is InChI=1S/C32H39ClN6O5/c1-19-23(33)15-34-31(35-19)37-13-9-21(10-14-37)44-20-7-11-32(12-8-20)17-38(18-32)24-3-5-26(43-2)28-22(24)16-39(30(28)42)25-4-6-27(40)36-29(25)41/h3,5,15,20-21,25H,4,6-14,16-18H2,1-2H3,(H,36,40,41). The molecule has 5 heterocycles. The average Bonchev–Trinajstić information content (AvgIpc) is 3.35. The van der Waals surface area contributed by atoms with E-state index in [0.717, 1.165) is 87.6 Å². The molecule has 2 aromatic rings. The number of halogens is 1. The zero-order valence-corrected chi connectivity index (χ0v) is 26.1. The Balaban J connectivity index is 0.936. The summed E-state index contributed by atoms with van der Waals surface area (Å²) in [6.45, 7) is 5.91. The van der Waals surface area contributed by atoms with Gasteiger partial charge in [-0.2, -0.15) is 0 Å². The number of ether oxygens (including phenoxy) is 2. The van der Waals surface area contributed by atoms with Gasteiger partial charge in [0.1, 0.15) is 11.8 Å². The number of aryl methyl sites for hydroxylation is 1. The zero-order valence-electron chi connectivity index (χ0n) is 25.3. The molecular weight excluding hydrogens is 584 g/mol. The zero-order chi connectivity index (χ0) is 30.6. The van der Waals surface area contributed by atoms with Gasteiger partial charge in [0.15, 0.2) is 0 Å². The molecule has 234 valence electrons. The summed E-state index contributed by atoms with van der Waals surface area (Å²) in [6.07, 6.45) is 9.15. The van der Waals surface area contributed by atoms with Gasteiger partial charge in [-0.05, 0) is 64.0 Å². The van der Waals surface area contributed by atoms with Crippen LogP contribution in [0.25, 0.3) is 0 Å². The van der Waals surface area contributed by atoms with Crippen LogP contribution in [0.3, 0.4) is 0 Å². The molecule has 3 amide bonds. The van der Waals surface area contributed by atoms with Crippen molar-refractivity contribution in [3.8, 4) is 5.75 Å². The Morgan fingerprint density at radius 2 is 1.73 bits per heavy atom. The highest BCUT2D eigenvalue weighted by Crippen LogP contribution is 2.49. The number of nitrogens with zero attached hydrogens (tertiary/aromatic N) is 5. The van der Waals surface area contributed by atoms with Gasteiger partial charge in [0, 0.05) is 55.8 Å². The van der Waals surface area contributed by atoms with E-state index >= 15 is 0 Å². The van der Waals surface area contributed by atoms with Crippen molar-refractivity contribution in [1.29, 1.82) is 0 Å². The van der Waals surface area contributed by atoms with E-state index in [1.165, 1.54) is 0 Å². The lowest BCUT2D eigenvalue weighted by Crippen LogP contribution is -2.58. The van der Waals surface area contributed by atoms with Gasteiger partial charge >= 0.3 is 0 Å². The van der Waals surface area contributed by atoms with Gasteiger partial charge in [-0.1, -0.05) is 11.6 Å². The molecule has 0 bridgehead atoms. The molecule has 1 atom stereocenters. The quantitative estimate of drug-likeness (QED) is 0.482. The van der Waals surface area contributed by atoms with Crippen LogP contribution in [-0.4, -0.2) is 84.1 Å². The third-order valence-electron chi connectivity index (χ3n) is 10.3. The first-order chi connectivity index (χ1) is 21.2. The van der Waals surface area contributed by atoms with E-state index < -0.39 is 11.9 Å². The van der Waals surface area contributed by atoms with Gasteiger partial charge in [0.2, 0.25) is 17.8 Å². The van der Waals surface area contributed by atoms with Crippen molar-refractivity contribution in [2.75, 3.05) is 43.1 Å². The third-order valence-corrected chi connectivity index (χ3v) is 10.6. The van der Waals surface area contributed by atoms with Gasteiger partial charge in [-0.15, -0.1) is 0 Å². The number of carbonyl (C=O) groups excluding carboxylic acids is 3. The maximum absolute atomic E-state index is 13.5. The van der Waals surface area contributed by atoms with Crippen molar-refractivity contribution >= 4 is 41.0 Å². The molecule has 11 nitrogen and oxygen atoms in total. The summed E-state index contributed by atoms with van der Waals surface area (Å²) in [5.41, 5.74) is 3.57. The molecule has 12 heteroatoms. The maximum atomic E-state index is 13.5. The van der Waals surface area contributed by atoms with Crippen LogP contribution in [0, 0.1) is 12.3 Å². The lowest BCUT2D eigenvalue weighted by molar-refractivity contribution is -0.136. The molecular formula is C32H39ClN6O5. The molecule has 4 aliphatic heterocycles. The van der Waals surface area contributed by atoms with Crippen LogP contribution in [-0.2, 0) is 20.9 Å². The van der Waals surface area contributed by atoms with Crippen molar-refractivity contribution in [1.82, 2.24) is 20.2 Å². The Kier molecular flexibility index (Phi) is 7.64. The molecule has 1 unspecified atom stereocenters. The lowest BCUT2D eigenvalue weighted by atomic mass is 9.67. The number of aromatic nitrogens is 2. The van der Waals surface area contributed by atoms with Crippen molar-refractivity contribution in [2.24, 2.45) is 5.41 Å². The first kappa shape index (κ1) is 29.3. The Labute approximate surface area is 262 Å². The third kappa shape index (κ3) is 5.27. The Morgan fingerprint density at radius 3 is 2.41 bits per heavy atom. The number of imide groups is 1. The van der Waals surface area contributed by atoms with Crippen LogP contribution in [0.4, 0.5) is 11.6 Å². The van der Waals surface area contributed by atoms with E-state index in [2.05, 4.69) is 25.1 Å². The van der Waals surface area contributed by atoms with Gasteiger partial charge in [0.25, 0.3) is 5.91 Å². The summed E-state index contributed by atoms with van der Waals surface area (Å²) < 4.78 is 12.2. The molecule has 1 aromatic carbocycles. The second kappa shape index (κ2) is 11.5. The van der Waals surface area contributed by atoms with Crippen LogP contribution in [0.1, 0.15) is 73.0 Å². The van der Waals surface area contributed by atoms with Crippen LogP contribution >= 0.6 is 11.6 Å². The molecule has 3 saturated heterocycles. The van der Waals surface area contributed by atoms with E-state index in [4.69, 9.17) is 21.1 Å². The second-order valence-corrected chi connectivity index (χ2v) is 13.4. The highest BCUT2D eigenvalue weighted by molar-refractivity contribution is 6.31. The molecule has 5 aliphatic rings. The average molecular weight is 623 g/mol. The van der Waals surface area contributed by atoms with Crippen LogP contribution in [0.15, 0.2) is 18.3 Å². The number of fused-ring (bicyclic) bond motifs is 1. The smallest absolute Gasteiger partial charge is 0.259 e. The number of rotatable bonds is 6. The fourth-order valence-corrected chi connectivity index (χ4v) is 7.83. The summed E-state index contributed by atoms with van der Waals surface area (Å²) in [5.74, 6) is 0.376. The van der Waals surface area contributed by atoms with Crippen molar-refractivity contribution in [2.45, 2.75) is 83.1 Å². The number of anilines is 2. The number of piperidine rings is 2. The van der Waals surface area contributed by atoms with E-state index in [1.54, 1.807) is 18.2 Å². The number of amides is 3.